The quantitative estimate of drug-likeness (QED) is 0.827. The second kappa shape index (κ2) is 4.58. The minimum atomic E-state index is 0.898. The van der Waals surface area contributed by atoms with Crippen molar-refractivity contribution in [1.29, 1.82) is 0 Å². The molecule has 3 heteroatoms. The van der Waals surface area contributed by atoms with E-state index < -0.39 is 0 Å². The van der Waals surface area contributed by atoms with E-state index in [1.54, 1.807) is 7.11 Å². The monoisotopic (exact) mass is 218 g/mol. The molecule has 86 valence electrons. The predicted octanol–water partition coefficient (Wildman–Crippen LogP) is 2.59. The van der Waals surface area contributed by atoms with E-state index in [-0.39, 0.29) is 0 Å². The fraction of sp³-hybridized carbons (Fsp3) is 0.385. The number of H-pyrrole nitrogens is 1. The van der Waals surface area contributed by atoms with Gasteiger partial charge in [0.25, 0.3) is 0 Å². The van der Waals surface area contributed by atoms with E-state index in [0.717, 1.165) is 24.4 Å². The zero-order valence-electron chi connectivity index (χ0n) is 10.1. The van der Waals surface area contributed by atoms with Crippen LogP contribution in [0, 0.1) is 6.92 Å². The topological polar surface area (TPSA) is 37.0 Å². The average Bonchev–Trinajstić information content (AvgIpc) is 2.62. The van der Waals surface area contributed by atoms with E-state index in [1.165, 1.54) is 16.6 Å². The van der Waals surface area contributed by atoms with Crippen molar-refractivity contribution in [2.24, 2.45) is 0 Å². The number of nitrogens with one attached hydrogen (secondary N) is 2. The molecule has 0 saturated heterocycles. The van der Waals surface area contributed by atoms with Gasteiger partial charge >= 0.3 is 0 Å². The van der Waals surface area contributed by atoms with Crippen LogP contribution in [0.3, 0.4) is 0 Å². The van der Waals surface area contributed by atoms with Crippen LogP contribution in [0.2, 0.25) is 0 Å². The number of hydrogen-bond donors (Lipinski definition) is 2. The summed E-state index contributed by atoms with van der Waals surface area (Å²) in [6.45, 7) is 6.10. The molecule has 1 heterocycles. The van der Waals surface area contributed by atoms with Gasteiger partial charge in [0.15, 0.2) is 0 Å². The molecule has 0 saturated carbocycles. The number of fused-ring (bicyclic) bond motifs is 1. The molecule has 0 atom stereocenters. The lowest BCUT2D eigenvalue weighted by Crippen LogP contribution is -2.12. The van der Waals surface area contributed by atoms with E-state index in [2.05, 4.69) is 30.2 Å². The molecule has 3 nitrogen and oxygen atoms in total. The summed E-state index contributed by atoms with van der Waals surface area (Å²) < 4.78 is 5.35. The van der Waals surface area contributed by atoms with Gasteiger partial charge in [0.05, 0.1) is 12.6 Å². The molecule has 2 aromatic rings. The number of hydrogen-bond acceptors (Lipinski definition) is 2. The smallest absolute Gasteiger partial charge is 0.142 e. The van der Waals surface area contributed by atoms with Crippen LogP contribution in [0.1, 0.15) is 18.2 Å². The summed E-state index contributed by atoms with van der Waals surface area (Å²) in [4.78, 5) is 3.39. The van der Waals surface area contributed by atoms with Crippen LogP contribution in [0.5, 0.6) is 5.75 Å². The van der Waals surface area contributed by atoms with Gasteiger partial charge in [0.2, 0.25) is 0 Å². The molecule has 1 aromatic carbocycles. The highest BCUT2D eigenvalue weighted by Gasteiger charge is 2.10. The Morgan fingerprint density at radius 1 is 1.38 bits per heavy atom. The minimum Gasteiger partial charge on any atom is -0.495 e. The Labute approximate surface area is 95.8 Å². The highest BCUT2D eigenvalue weighted by molar-refractivity contribution is 5.89. The van der Waals surface area contributed by atoms with Gasteiger partial charge in [-0.1, -0.05) is 19.1 Å². The van der Waals surface area contributed by atoms with Crippen molar-refractivity contribution in [2.75, 3.05) is 13.7 Å². The third-order valence-electron chi connectivity index (χ3n) is 2.89. The maximum atomic E-state index is 5.35. The Morgan fingerprint density at radius 3 is 2.88 bits per heavy atom. The second-order valence-electron chi connectivity index (χ2n) is 3.89. The molecular weight excluding hydrogens is 200 g/mol. The van der Waals surface area contributed by atoms with E-state index in [9.17, 15) is 0 Å². The number of ether oxygens (including phenoxy) is 1. The molecular formula is C13H18N2O. The molecule has 0 spiro atoms. The number of aromatic amines is 1. The fourth-order valence-corrected chi connectivity index (χ4v) is 2.02. The van der Waals surface area contributed by atoms with Gasteiger partial charge in [-0.05, 0) is 25.1 Å². The SMILES string of the molecule is CCNCc1c(C)[nH]c2c(OC)cccc12. The summed E-state index contributed by atoms with van der Waals surface area (Å²) in [5, 5.41) is 4.61. The molecule has 0 bridgehead atoms. The Bertz CT molecular complexity index is 488. The number of aryl methyl sites for hydroxylation is 1. The van der Waals surface area contributed by atoms with Crippen LogP contribution < -0.4 is 10.1 Å². The van der Waals surface area contributed by atoms with E-state index in [0.29, 0.717) is 0 Å². The summed E-state index contributed by atoms with van der Waals surface area (Å²) in [6.07, 6.45) is 0. The van der Waals surface area contributed by atoms with Crippen molar-refractivity contribution in [2.45, 2.75) is 20.4 Å². The minimum absolute atomic E-state index is 0.898. The number of para-hydroxylation sites is 1. The molecule has 2 rings (SSSR count). The molecule has 0 fully saturated rings. The van der Waals surface area contributed by atoms with Gasteiger partial charge in [-0.2, -0.15) is 0 Å². The van der Waals surface area contributed by atoms with E-state index >= 15 is 0 Å². The van der Waals surface area contributed by atoms with Crippen molar-refractivity contribution in [1.82, 2.24) is 10.3 Å². The van der Waals surface area contributed by atoms with Crippen LogP contribution in [0.25, 0.3) is 10.9 Å². The van der Waals surface area contributed by atoms with Crippen molar-refractivity contribution < 1.29 is 4.74 Å². The molecule has 0 aliphatic rings. The molecule has 16 heavy (non-hydrogen) atoms. The predicted molar refractivity (Wildman–Crippen MR) is 67.0 cm³/mol. The second-order valence-corrected chi connectivity index (χ2v) is 3.89. The van der Waals surface area contributed by atoms with Gasteiger partial charge in [0.1, 0.15) is 5.75 Å². The lowest BCUT2D eigenvalue weighted by Gasteiger charge is -2.03. The first kappa shape index (κ1) is 11.0. The van der Waals surface area contributed by atoms with E-state index in [4.69, 9.17) is 4.74 Å². The zero-order valence-corrected chi connectivity index (χ0v) is 10.1. The van der Waals surface area contributed by atoms with Crippen LogP contribution in [0.15, 0.2) is 18.2 Å². The highest BCUT2D eigenvalue weighted by Crippen LogP contribution is 2.29. The third kappa shape index (κ3) is 1.78. The summed E-state index contributed by atoms with van der Waals surface area (Å²) in [7, 11) is 1.70. The van der Waals surface area contributed by atoms with E-state index in [1.807, 2.05) is 12.1 Å². The third-order valence-corrected chi connectivity index (χ3v) is 2.89. The van der Waals surface area contributed by atoms with Crippen LogP contribution in [-0.2, 0) is 6.54 Å². The van der Waals surface area contributed by atoms with Gasteiger partial charge < -0.3 is 15.0 Å². The lowest BCUT2D eigenvalue weighted by molar-refractivity contribution is 0.419. The molecule has 0 aliphatic heterocycles. The van der Waals surface area contributed by atoms with Gasteiger partial charge in [0, 0.05) is 17.6 Å². The Balaban J connectivity index is 2.52. The molecule has 0 amide bonds. The van der Waals surface area contributed by atoms with Crippen LogP contribution >= 0.6 is 0 Å². The first-order chi connectivity index (χ1) is 7.77. The van der Waals surface area contributed by atoms with Crippen molar-refractivity contribution in [3.63, 3.8) is 0 Å². The summed E-state index contributed by atoms with van der Waals surface area (Å²) in [5.74, 6) is 0.906. The van der Waals surface area contributed by atoms with Crippen molar-refractivity contribution >= 4 is 10.9 Å². The first-order valence-electron chi connectivity index (χ1n) is 5.62. The fourth-order valence-electron chi connectivity index (χ4n) is 2.02. The number of aromatic nitrogens is 1. The van der Waals surface area contributed by atoms with Crippen LogP contribution in [-0.4, -0.2) is 18.6 Å². The number of methoxy groups -OCH3 is 1. The van der Waals surface area contributed by atoms with Crippen molar-refractivity contribution in [3.8, 4) is 5.75 Å². The molecule has 0 radical (unpaired) electrons. The number of benzene rings is 1. The van der Waals surface area contributed by atoms with Gasteiger partial charge in [-0.3, -0.25) is 0 Å². The van der Waals surface area contributed by atoms with Gasteiger partial charge in [-0.25, -0.2) is 0 Å². The average molecular weight is 218 g/mol. The maximum Gasteiger partial charge on any atom is 0.142 e. The normalized spacial score (nSPS) is 10.9. The number of rotatable bonds is 4. The molecule has 0 aliphatic carbocycles. The summed E-state index contributed by atoms with van der Waals surface area (Å²) in [6, 6.07) is 6.15. The lowest BCUT2D eigenvalue weighted by atomic mass is 10.1. The highest BCUT2D eigenvalue weighted by atomic mass is 16.5. The Morgan fingerprint density at radius 2 is 2.19 bits per heavy atom. The molecule has 2 N–H and O–H groups in total. The van der Waals surface area contributed by atoms with Gasteiger partial charge in [-0.15, -0.1) is 0 Å². The Hall–Kier alpha value is -1.48. The molecule has 0 unspecified atom stereocenters. The standard InChI is InChI=1S/C13H18N2O/c1-4-14-8-11-9(2)15-13-10(11)6-5-7-12(13)16-3/h5-7,14-15H,4,8H2,1-3H3. The van der Waals surface area contributed by atoms with Crippen LogP contribution in [0.4, 0.5) is 0 Å². The molecule has 1 aromatic heterocycles. The largest absolute Gasteiger partial charge is 0.495 e. The zero-order chi connectivity index (χ0) is 11.5. The van der Waals surface area contributed by atoms with Crippen molar-refractivity contribution in [3.05, 3.63) is 29.5 Å². The first-order valence-corrected chi connectivity index (χ1v) is 5.62. The Kier molecular flexibility index (Phi) is 3.15. The summed E-state index contributed by atoms with van der Waals surface area (Å²) >= 11 is 0. The maximum absolute atomic E-state index is 5.35. The summed E-state index contributed by atoms with van der Waals surface area (Å²) in [5.41, 5.74) is 3.63.